The Kier molecular flexibility index (Phi) is 2.57. The topological polar surface area (TPSA) is 82.0 Å². The molecular formula is C10H6F3N3O2. The van der Waals surface area contributed by atoms with Crippen molar-refractivity contribution >= 4 is 22.4 Å². The highest BCUT2D eigenvalue weighted by Crippen LogP contribution is 2.42. The average molecular weight is 257 g/mol. The molecule has 1 aromatic carbocycles. The van der Waals surface area contributed by atoms with Gasteiger partial charge in [0.05, 0.1) is 10.4 Å². The number of nitrogen functional groups attached to an aromatic ring is 1. The van der Waals surface area contributed by atoms with Crippen LogP contribution in [-0.2, 0) is 6.18 Å². The highest BCUT2D eigenvalue weighted by molar-refractivity contribution is 5.89. The molecule has 1 heterocycles. The quantitative estimate of drug-likeness (QED) is 0.629. The van der Waals surface area contributed by atoms with E-state index >= 15 is 0 Å². The molecule has 0 amide bonds. The maximum Gasteiger partial charge on any atom is 0.423 e. The summed E-state index contributed by atoms with van der Waals surface area (Å²) in [5.74, 6) is -0.744. The van der Waals surface area contributed by atoms with Crippen LogP contribution in [0.25, 0.3) is 10.9 Å². The van der Waals surface area contributed by atoms with Gasteiger partial charge >= 0.3 is 11.9 Å². The van der Waals surface area contributed by atoms with Gasteiger partial charge in [0.15, 0.2) is 0 Å². The summed E-state index contributed by atoms with van der Waals surface area (Å²) < 4.78 is 38.8. The van der Waals surface area contributed by atoms with Crippen molar-refractivity contribution in [3.63, 3.8) is 0 Å². The second-order valence-electron chi connectivity index (χ2n) is 3.49. The fourth-order valence-corrected chi connectivity index (χ4v) is 1.69. The lowest BCUT2D eigenvalue weighted by atomic mass is 10.1. The van der Waals surface area contributed by atoms with Gasteiger partial charge in [0.1, 0.15) is 5.56 Å². The first-order valence-electron chi connectivity index (χ1n) is 4.72. The summed E-state index contributed by atoms with van der Waals surface area (Å²) >= 11 is 0. The van der Waals surface area contributed by atoms with Crippen LogP contribution in [-0.4, -0.2) is 9.91 Å². The summed E-state index contributed by atoms with van der Waals surface area (Å²) in [6.07, 6.45) is -4.88. The van der Waals surface area contributed by atoms with E-state index < -0.39 is 28.2 Å². The monoisotopic (exact) mass is 257 g/mol. The predicted molar refractivity (Wildman–Crippen MR) is 57.8 cm³/mol. The molecule has 0 radical (unpaired) electrons. The lowest BCUT2D eigenvalue weighted by Gasteiger charge is -2.11. The van der Waals surface area contributed by atoms with Crippen molar-refractivity contribution in [2.24, 2.45) is 0 Å². The number of hydrogen-bond acceptors (Lipinski definition) is 4. The van der Waals surface area contributed by atoms with Gasteiger partial charge < -0.3 is 5.73 Å². The maximum atomic E-state index is 12.9. The van der Waals surface area contributed by atoms with Gasteiger partial charge in [0, 0.05) is 5.39 Å². The molecule has 1 aromatic heterocycles. The summed E-state index contributed by atoms with van der Waals surface area (Å²) in [5, 5.41) is 10.4. The summed E-state index contributed by atoms with van der Waals surface area (Å²) in [7, 11) is 0. The number of rotatable bonds is 1. The van der Waals surface area contributed by atoms with Gasteiger partial charge in [-0.3, -0.25) is 10.1 Å². The smallest absolute Gasteiger partial charge is 0.378 e. The molecular weight excluding hydrogens is 251 g/mol. The van der Waals surface area contributed by atoms with Crippen molar-refractivity contribution in [2.45, 2.75) is 6.18 Å². The molecule has 2 N–H and O–H groups in total. The van der Waals surface area contributed by atoms with Crippen LogP contribution in [0.15, 0.2) is 24.3 Å². The molecule has 0 saturated heterocycles. The van der Waals surface area contributed by atoms with Gasteiger partial charge in [0.2, 0.25) is 5.82 Å². The molecule has 2 aromatic rings. The van der Waals surface area contributed by atoms with E-state index in [0.717, 1.165) is 6.07 Å². The number of alkyl halides is 3. The van der Waals surface area contributed by atoms with Crippen molar-refractivity contribution in [3.8, 4) is 0 Å². The molecule has 0 bridgehead atoms. The summed E-state index contributed by atoms with van der Waals surface area (Å²) in [5.41, 5.74) is 2.63. The molecule has 2 rings (SSSR count). The first-order valence-corrected chi connectivity index (χ1v) is 4.72. The summed E-state index contributed by atoms with van der Waals surface area (Å²) in [6.45, 7) is 0. The molecule has 0 atom stereocenters. The molecule has 0 aliphatic heterocycles. The first kappa shape index (κ1) is 12.1. The SMILES string of the molecule is Nc1nc2ccccc2c(C(F)(F)F)c1[N+](=O)[O-]. The minimum Gasteiger partial charge on any atom is -0.378 e. The zero-order chi connectivity index (χ0) is 13.5. The number of nitro groups is 1. The zero-order valence-electron chi connectivity index (χ0n) is 8.73. The van der Waals surface area contributed by atoms with E-state index in [1.165, 1.54) is 18.2 Å². The van der Waals surface area contributed by atoms with Gasteiger partial charge in [-0.05, 0) is 6.07 Å². The van der Waals surface area contributed by atoms with Crippen LogP contribution in [0.1, 0.15) is 5.56 Å². The fraction of sp³-hybridized carbons (Fsp3) is 0.100. The Balaban J connectivity index is 2.99. The van der Waals surface area contributed by atoms with Crippen molar-refractivity contribution < 1.29 is 18.1 Å². The molecule has 0 spiro atoms. The summed E-state index contributed by atoms with van der Waals surface area (Å²) in [4.78, 5) is 13.2. The van der Waals surface area contributed by atoms with Crippen LogP contribution in [0.3, 0.4) is 0 Å². The van der Waals surface area contributed by atoms with Crippen molar-refractivity contribution in [2.75, 3.05) is 5.73 Å². The third kappa shape index (κ3) is 1.81. The van der Waals surface area contributed by atoms with Gasteiger partial charge in [-0.15, -0.1) is 0 Å². The van der Waals surface area contributed by atoms with Crippen LogP contribution in [0.2, 0.25) is 0 Å². The number of halogens is 3. The number of aromatic nitrogens is 1. The molecule has 0 aliphatic carbocycles. The average Bonchev–Trinajstić information content (AvgIpc) is 2.25. The third-order valence-electron chi connectivity index (χ3n) is 2.36. The Morgan fingerprint density at radius 3 is 2.44 bits per heavy atom. The third-order valence-corrected chi connectivity index (χ3v) is 2.36. The minimum absolute atomic E-state index is 0.0343. The number of nitrogens with zero attached hydrogens (tertiary/aromatic N) is 2. The Labute approximate surface area is 98.2 Å². The largest absolute Gasteiger partial charge is 0.423 e. The van der Waals surface area contributed by atoms with Gasteiger partial charge in [-0.25, -0.2) is 4.98 Å². The van der Waals surface area contributed by atoms with Crippen LogP contribution in [0.4, 0.5) is 24.7 Å². The van der Waals surface area contributed by atoms with Crippen molar-refractivity contribution in [1.29, 1.82) is 0 Å². The standard InChI is InChI=1S/C10H6F3N3O2/c11-10(12,13)7-5-3-1-2-4-6(5)15-9(14)8(7)16(17)18/h1-4H,(H2,14,15). The van der Waals surface area contributed by atoms with E-state index in [1.54, 1.807) is 0 Å². The van der Waals surface area contributed by atoms with E-state index in [0.29, 0.717) is 0 Å². The Hall–Kier alpha value is -2.38. The highest BCUT2D eigenvalue weighted by atomic mass is 19.4. The number of para-hydroxylation sites is 1. The van der Waals surface area contributed by atoms with E-state index in [-0.39, 0.29) is 10.9 Å². The van der Waals surface area contributed by atoms with Gasteiger partial charge in [-0.1, -0.05) is 18.2 Å². The van der Waals surface area contributed by atoms with Crippen LogP contribution < -0.4 is 5.73 Å². The summed E-state index contributed by atoms with van der Waals surface area (Å²) in [6, 6.07) is 5.25. The van der Waals surface area contributed by atoms with Crippen LogP contribution in [0.5, 0.6) is 0 Å². The van der Waals surface area contributed by atoms with Crippen LogP contribution in [0, 0.1) is 10.1 Å². The predicted octanol–water partition coefficient (Wildman–Crippen LogP) is 2.74. The lowest BCUT2D eigenvalue weighted by molar-refractivity contribution is -0.387. The fourth-order valence-electron chi connectivity index (χ4n) is 1.69. The Morgan fingerprint density at radius 1 is 1.28 bits per heavy atom. The molecule has 0 unspecified atom stereocenters. The minimum atomic E-state index is -4.88. The van der Waals surface area contributed by atoms with Crippen LogP contribution >= 0.6 is 0 Å². The first-order chi connectivity index (χ1) is 8.32. The van der Waals surface area contributed by atoms with E-state index in [2.05, 4.69) is 4.98 Å². The Bertz CT molecular complexity index is 640. The van der Waals surface area contributed by atoms with Gasteiger partial charge in [-0.2, -0.15) is 13.2 Å². The Morgan fingerprint density at radius 2 is 1.89 bits per heavy atom. The highest BCUT2D eigenvalue weighted by Gasteiger charge is 2.42. The van der Waals surface area contributed by atoms with Crippen molar-refractivity contribution in [3.05, 3.63) is 39.9 Å². The number of anilines is 1. The van der Waals surface area contributed by atoms with E-state index in [4.69, 9.17) is 5.73 Å². The maximum absolute atomic E-state index is 12.9. The molecule has 94 valence electrons. The zero-order valence-corrected chi connectivity index (χ0v) is 8.73. The lowest BCUT2D eigenvalue weighted by Crippen LogP contribution is -2.13. The number of nitrogens with two attached hydrogens (primary N) is 1. The molecule has 0 fully saturated rings. The molecule has 18 heavy (non-hydrogen) atoms. The van der Waals surface area contributed by atoms with E-state index in [9.17, 15) is 23.3 Å². The number of hydrogen-bond donors (Lipinski definition) is 1. The molecule has 0 aliphatic rings. The van der Waals surface area contributed by atoms with E-state index in [1.807, 2.05) is 0 Å². The second kappa shape index (κ2) is 3.83. The molecule has 5 nitrogen and oxygen atoms in total. The molecule has 0 saturated carbocycles. The number of pyridine rings is 1. The molecule has 8 heteroatoms. The number of fused-ring (bicyclic) bond motifs is 1. The second-order valence-corrected chi connectivity index (χ2v) is 3.49. The van der Waals surface area contributed by atoms with Gasteiger partial charge in [0.25, 0.3) is 0 Å². The van der Waals surface area contributed by atoms with Crippen molar-refractivity contribution in [1.82, 2.24) is 4.98 Å². The number of benzene rings is 1. The normalized spacial score (nSPS) is 11.7.